The van der Waals surface area contributed by atoms with Crippen molar-refractivity contribution in [1.29, 1.82) is 0 Å². The van der Waals surface area contributed by atoms with Gasteiger partial charge in [-0.15, -0.1) is 0 Å². The summed E-state index contributed by atoms with van der Waals surface area (Å²) in [5.74, 6) is -0.974. The molecule has 2 saturated heterocycles. The summed E-state index contributed by atoms with van der Waals surface area (Å²) in [6, 6.07) is 0. The number of aliphatic carboxylic acids is 1. The van der Waals surface area contributed by atoms with Gasteiger partial charge in [0.05, 0.1) is 11.3 Å². The number of amides is 1. The Morgan fingerprint density at radius 2 is 2.16 bits per heavy atom. The number of hydrogen-bond acceptors (Lipinski definition) is 3. The van der Waals surface area contributed by atoms with Crippen LogP contribution in [0.25, 0.3) is 0 Å². The average Bonchev–Trinajstić information content (AvgIpc) is 2.96. The molecule has 3 unspecified atom stereocenters. The predicted octanol–water partition coefficient (Wildman–Crippen LogP) is 0.945. The number of carbonyl (C=O) groups is 2. The molecule has 5 heteroatoms. The minimum Gasteiger partial charge on any atom is -0.481 e. The maximum absolute atomic E-state index is 12.8. The number of rotatable bonds is 4. The molecule has 19 heavy (non-hydrogen) atoms. The molecule has 3 atom stereocenters. The fourth-order valence-corrected chi connectivity index (χ4v) is 3.51. The summed E-state index contributed by atoms with van der Waals surface area (Å²) in [4.78, 5) is 25.7. The Balaban J connectivity index is 2.09. The molecule has 0 aliphatic carbocycles. The van der Waals surface area contributed by atoms with Gasteiger partial charge in [0.25, 0.3) is 0 Å². The molecule has 0 spiro atoms. The van der Waals surface area contributed by atoms with Gasteiger partial charge in [-0.1, -0.05) is 20.3 Å². The molecule has 0 saturated carbocycles. The van der Waals surface area contributed by atoms with Crippen molar-refractivity contribution in [3.05, 3.63) is 0 Å². The van der Waals surface area contributed by atoms with E-state index in [-0.39, 0.29) is 17.2 Å². The normalized spacial score (nSPS) is 34.7. The maximum atomic E-state index is 12.8. The standard InChI is InChI=1S/C14H24N2O3/c1-3-4-14(5-6-15-9-14)13(19)16-7-10(2)11(8-16)12(17)18/h10-11,15H,3-9H2,1-2H3,(H,17,18). The second-order valence-electron chi connectivity index (χ2n) is 6.09. The van der Waals surface area contributed by atoms with Crippen molar-refractivity contribution in [2.75, 3.05) is 26.2 Å². The molecule has 0 aromatic carbocycles. The molecule has 0 aromatic heterocycles. The van der Waals surface area contributed by atoms with Gasteiger partial charge in [0.1, 0.15) is 0 Å². The Bertz CT molecular complexity index is 364. The van der Waals surface area contributed by atoms with Gasteiger partial charge < -0.3 is 15.3 Å². The first-order valence-electron chi connectivity index (χ1n) is 7.23. The quantitative estimate of drug-likeness (QED) is 0.796. The fourth-order valence-electron chi connectivity index (χ4n) is 3.51. The van der Waals surface area contributed by atoms with E-state index < -0.39 is 11.9 Å². The van der Waals surface area contributed by atoms with Gasteiger partial charge in [-0.05, 0) is 25.3 Å². The Labute approximate surface area is 114 Å². The monoisotopic (exact) mass is 268 g/mol. The van der Waals surface area contributed by atoms with Crippen molar-refractivity contribution in [1.82, 2.24) is 10.2 Å². The van der Waals surface area contributed by atoms with Crippen molar-refractivity contribution in [2.45, 2.75) is 33.1 Å². The Hall–Kier alpha value is -1.10. The lowest BCUT2D eigenvalue weighted by molar-refractivity contribution is -0.143. The first-order valence-corrected chi connectivity index (χ1v) is 7.23. The molecule has 0 aromatic rings. The summed E-state index contributed by atoms with van der Waals surface area (Å²) < 4.78 is 0. The lowest BCUT2D eigenvalue weighted by Gasteiger charge is -2.31. The molecule has 2 N–H and O–H groups in total. The highest BCUT2D eigenvalue weighted by Gasteiger charge is 2.46. The molecule has 0 bridgehead atoms. The number of hydrogen-bond donors (Lipinski definition) is 2. The van der Waals surface area contributed by atoms with Gasteiger partial charge in [0.2, 0.25) is 5.91 Å². The van der Waals surface area contributed by atoms with E-state index in [9.17, 15) is 9.59 Å². The Morgan fingerprint density at radius 3 is 2.63 bits per heavy atom. The van der Waals surface area contributed by atoms with Crippen molar-refractivity contribution in [2.24, 2.45) is 17.3 Å². The zero-order chi connectivity index (χ0) is 14.0. The summed E-state index contributed by atoms with van der Waals surface area (Å²) in [6.07, 6.45) is 2.75. The molecular formula is C14H24N2O3. The van der Waals surface area contributed by atoms with Gasteiger partial charge in [0, 0.05) is 19.6 Å². The second kappa shape index (κ2) is 5.49. The average molecular weight is 268 g/mol. The Kier molecular flexibility index (Phi) is 4.13. The number of likely N-dealkylation sites (tertiary alicyclic amines) is 1. The van der Waals surface area contributed by atoms with Crippen LogP contribution in [0.3, 0.4) is 0 Å². The van der Waals surface area contributed by atoms with E-state index in [1.54, 1.807) is 4.90 Å². The first kappa shape index (κ1) is 14.3. The lowest BCUT2D eigenvalue weighted by Crippen LogP contribution is -2.44. The summed E-state index contributed by atoms with van der Waals surface area (Å²) in [5, 5.41) is 12.4. The van der Waals surface area contributed by atoms with Gasteiger partial charge in [-0.2, -0.15) is 0 Å². The second-order valence-corrected chi connectivity index (χ2v) is 6.09. The smallest absolute Gasteiger partial charge is 0.308 e. The minimum atomic E-state index is -0.781. The molecule has 2 heterocycles. The number of nitrogens with zero attached hydrogens (tertiary/aromatic N) is 1. The summed E-state index contributed by atoms with van der Waals surface area (Å²) in [5.41, 5.74) is -0.290. The third kappa shape index (κ3) is 2.61. The predicted molar refractivity (Wildman–Crippen MR) is 71.7 cm³/mol. The van der Waals surface area contributed by atoms with Crippen LogP contribution in [0, 0.1) is 17.3 Å². The molecule has 2 aliphatic heterocycles. The van der Waals surface area contributed by atoms with Crippen LogP contribution in [-0.4, -0.2) is 48.1 Å². The van der Waals surface area contributed by atoms with Crippen molar-refractivity contribution >= 4 is 11.9 Å². The highest BCUT2D eigenvalue weighted by molar-refractivity contribution is 5.84. The van der Waals surface area contributed by atoms with Gasteiger partial charge in [-0.25, -0.2) is 0 Å². The van der Waals surface area contributed by atoms with Crippen LogP contribution < -0.4 is 5.32 Å². The van der Waals surface area contributed by atoms with Gasteiger partial charge in [-0.3, -0.25) is 9.59 Å². The van der Waals surface area contributed by atoms with E-state index in [2.05, 4.69) is 12.2 Å². The fraction of sp³-hybridized carbons (Fsp3) is 0.857. The maximum Gasteiger partial charge on any atom is 0.308 e. The van der Waals surface area contributed by atoms with E-state index in [0.29, 0.717) is 13.1 Å². The molecule has 0 radical (unpaired) electrons. The number of carboxylic acid groups (broad SMARTS) is 1. The largest absolute Gasteiger partial charge is 0.481 e. The molecule has 2 aliphatic rings. The number of carbonyl (C=O) groups excluding carboxylic acids is 1. The first-order chi connectivity index (χ1) is 9.00. The SMILES string of the molecule is CCCC1(C(=O)N2CC(C)C(C(=O)O)C2)CCNC1. The van der Waals surface area contributed by atoms with E-state index in [1.807, 2.05) is 6.92 Å². The van der Waals surface area contributed by atoms with Crippen molar-refractivity contribution in [3.8, 4) is 0 Å². The third-order valence-corrected chi connectivity index (χ3v) is 4.64. The van der Waals surface area contributed by atoms with Crippen LogP contribution in [-0.2, 0) is 9.59 Å². The molecule has 2 rings (SSSR count). The van der Waals surface area contributed by atoms with Crippen molar-refractivity contribution < 1.29 is 14.7 Å². The zero-order valence-electron chi connectivity index (χ0n) is 11.8. The van der Waals surface area contributed by atoms with E-state index in [1.165, 1.54) is 0 Å². The number of carboxylic acids is 1. The highest BCUT2D eigenvalue weighted by Crippen LogP contribution is 2.36. The van der Waals surface area contributed by atoms with E-state index in [0.717, 1.165) is 32.4 Å². The van der Waals surface area contributed by atoms with Gasteiger partial charge >= 0.3 is 5.97 Å². The van der Waals surface area contributed by atoms with E-state index >= 15 is 0 Å². The Morgan fingerprint density at radius 1 is 1.42 bits per heavy atom. The summed E-state index contributed by atoms with van der Waals surface area (Å²) in [6.45, 7) is 6.60. The van der Waals surface area contributed by atoms with Crippen LogP contribution in [0.2, 0.25) is 0 Å². The van der Waals surface area contributed by atoms with Crippen molar-refractivity contribution in [3.63, 3.8) is 0 Å². The van der Waals surface area contributed by atoms with Crippen LogP contribution in [0.4, 0.5) is 0 Å². The van der Waals surface area contributed by atoms with Gasteiger partial charge in [0.15, 0.2) is 0 Å². The topological polar surface area (TPSA) is 69.6 Å². The van der Waals surface area contributed by atoms with E-state index in [4.69, 9.17) is 5.11 Å². The molecule has 108 valence electrons. The molecule has 1 amide bonds. The molecule has 5 nitrogen and oxygen atoms in total. The molecule has 2 fully saturated rings. The lowest BCUT2D eigenvalue weighted by atomic mass is 9.81. The minimum absolute atomic E-state index is 0.0505. The summed E-state index contributed by atoms with van der Waals surface area (Å²) >= 11 is 0. The van der Waals surface area contributed by atoms with Crippen LogP contribution in [0.5, 0.6) is 0 Å². The van der Waals surface area contributed by atoms with Crippen LogP contribution in [0.1, 0.15) is 33.1 Å². The third-order valence-electron chi connectivity index (χ3n) is 4.64. The van der Waals surface area contributed by atoms with Crippen LogP contribution >= 0.6 is 0 Å². The molecular weight excluding hydrogens is 244 g/mol. The zero-order valence-corrected chi connectivity index (χ0v) is 11.8. The highest BCUT2D eigenvalue weighted by atomic mass is 16.4. The number of nitrogens with one attached hydrogen (secondary N) is 1. The summed E-state index contributed by atoms with van der Waals surface area (Å²) in [7, 11) is 0. The van der Waals surface area contributed by atoms with Crippen LogP contribution in [0.15, 0.2) is 0 Å².